The van der Waals surface area contributed by atoms with Gasteiger partial charge < -0.3 is 20.5 Å². The highest BCUT2D eigenvalue weighted by atomic mass is 127. The van der Waals surface area contributed by atoms with Gasteiger partial charge in [-0.2, -0.15) is 0 Å². The molecule has 2 aromatic rings. The summed E-state index contributed by atoms with van der Waals surface area (Å²) in [6, 6.07) is 14.5. The summed E-state index contributed by atoms with van der Waals surface area (Å²) in [7, 11) is 1.62. The fourth-order valence-electron chi connectivity index (χ4n) is 2.00. The van der Waals surface area contributed by atoms with Crippen LogP contribution in [0.3, 0.4) is 0 Å². The number of hydrogen-bond donors (Lipinski definition) is 2. The maximum atomic E-state index is 11.6. The molecular weight excluding hydrogens is 433 g/mol. The van der Waals surface area contributed by atoms with E-state index in [0.29, 0.717) is 24.7 Å². The van der Waals surface area contributed by atoms with Crippen LogP contribution in [0.1, 0.15) is 22.8 Å². The SMILES string of the molecule is CCOC(=O)c1ccc(CN=C(N)Nc2ccc(OC)cc2)cc1.I. The first kappa shape index (κ1) is 20.8. The lowest BCUT2D eigenvalue weighted by Crippen LogP contribution is -2.22. The van der Waals surface area contributed by atoms with Gasteiger partial charge in [-0.25, -0.2) is 9.79 Å². The van der Waals surface area contributed by atoms with Crippen molar-refractivity contribution in [3.8, 4) is 5.75 Å². The zero-order chi connectivity index (χ0) is 17.4. The van der Waals surface area contributed by atoms with Gasteiger partial charge in [-0.3, -0.25) is 0 Å². The van der Waals surface area contributed by atoms with Gasteiger partial charge in [0.15, 0.2) is 5.96 Å². The Hall–Kier alpha value is -2.29. The van der Waals surface area contributed by atoms with Crippen molar-refractivity contribution in [2.75, 3.05) is 19.0 Å². The van der Waals surface area contributed by atoms with E-state index in [1.807, 2.05) is 36.4 Å². The van der Waals surface area contributed by atoms with Gasteiger partial charge in [0, 0.05) is 5.69 Å². The Morgan fingerprint density at radius 3 is 2.32 bits per heavy atom. The Morgan fingerprint density at radius 2 is 1.76 bits per heavy atom. The van der Waals surface area contributed by atoms with Gasteiger partial charge >= 0.3 is 5.97 Å². The molecule has 0 heterocycles. The average Bonchev–Trinajstić information content (AvgIpc) is 2.61. The first-order chi connectivity index (χ1) is 11.6. The molecule has 0 amide bonds. The molecule has 3 N–H and O–H groups in total. The summed E-state index contributed by atoms with van der Waals surface area (Å²) < 4.78 is 10.0. The van der Waals surface area contributed by atoms with Crippen LogP contribution in [-0.4, -0.2) is 25.6 Å². The van der Waals surface area contributed by atoms with Gasteiger partial charge in [-0.15, -0.1) is 24.0 Å². The molecule has 0 bridgehead atoms. The lowest BCUT2D eigenvalue weighted by molar-refractivity contribution is 0.0526. The number of guanidine groups is 1. The molecule has 0 radical (unpaired) electrons. The molecule has 0 aliphatic carbocycles. The van der Waals surface area contributed by atoms with Crippen molar-refractivity contribution in [2.24, 2.45) is 10.7 Å². The topological polar surface area (TPSA) is 85.9 Å². The molecule has 0 fully saturated rings. The van der Waals surface area contributed by atoms with Crippen molar-refractivity contribution in [3.05, 3.63) is 59.7 Å². The molecule has 0 aromatic heterocycles. The monoisotopic (exact) mass is 455 g/mol. The minimum atomic E-state index is -0.326. The zero-order valence-corrected chi connectivity index (χ0v) is 16.5. The van der Waals surface area contributed by atoms with Gasteiger partial charge in [0.25, 0.3) is 0 Å². The first-order valence-corrected chi connectivity index (χ1v) is 7.59. The Labute approximate surface area is 164 Å². The van der Waals surface area contributed by atoms with E-state index in [2.05, 4.69) is 10.3 Å². The fraction of sp³-hybridized carbons (Fsp3) is 0.222. The van der Waals surface area contributed by atoms with Crippen molar-refractivity contribution in [2.45, 2.75) is 13.5 Å². The molecule has 0 aliphatic heterocycles. The van der Waals surface area contributed by atoms with Gasteiger partial charge in [0.1, 0.15) is 5.75 Å². The minimum Gasteiger partial charge on any atom is -0.497 e. The van der Waals surface area contributed by atoms with E-state index in [4.69, 9.17) is 15.2 Å². The van der Waals surface area contributed by atoms with Gasteiger partial charge in [0.05, 0.1) is 25.8 Å². The van der Waals surface area contributed by atoms with Crippen molar-refractivity contribution in [1.82, 2.24) is 0 Å². The number of carbonyl (C=O) groups excluding carboxylic acids is 1. The van der Waals surface area contributed by atoms with Gasteiger partial charge in [-0.1, -0.05) is 12.1 Å². The number of nitrogens with two attached hydrogens (primary N) is 1. The van der Waals surface area contributed by atoms with E-state index in [-0.39, 0.29) is 29.9 Å². The van der Waals surface area contributed by atoms with Crippen LogP contribution >= 0.6 is 24.0 Å². The normalized spacial score (nSPS) is 10.6. The van der Waals surface area contributed by atoms with Crippen LogP contribution in [-0.2, 0) is 11.3 Å². The van der Waals surface area contributed by atoms with Crippen LogP contribution < -0.4 is 15.8 Å². The van der Waals surface area contributed by atoms with E-state index in [0.717, 1.165) is 17.0 Å². The van der Waals surface area contributed by atoms with E-state index in [1.54, 1.807) is 26.2 Å². The van der Waals surface area contributed by atoms with E-state index in [9.17, 15) is 4.79 Å². The Bertz CT molecular complexity index is 701. The van der Waals surface area contributed by atoms with Crippen LogP contribution in [0.15, 0.2) is 53.5 Å². The lowest BCUT2D eigenvalue weighted by Gasteiger charge is -2.07. The van der Waals surface area contributed by atoms with Crippen LogP contribution in [0.4, 0.5) is 5.69 Å². The number of hydrogen-bond acceptors (Lipinski definition) is 4. The molecule has 2 aromatic carbocycles. The molecule has 0 atom stereocenters. The lowest BCUT2D eigenvalue weighted by atomic mass is 10.1. The standard InChI is InChI=1S/C18H21N3O3.HI/c1-3-24-17(22)14-6-4-13(5-7-14)12-20-18(19)21-15-8-10-16(23-2)11-9-15;/h4-11H,3,12H2,1-2H3,(H3,19,20,21);1H. The van der Waals surface area contributed by atoms with E-state index < -0.39 is 0 Å². The molecule has 0 saturated heterocycles. The third-order valence-corrected chi connectivity index (χ3v) is 3.26. The number of nitrogens with zero attached hydrogens (tertiary/aromatic N) is 1. The number of anilines is 1. The number of benzene rings is 2. The number of carbonyl (C=O) groups is 1. The predicted octanol–water partition coefficient (Wildman–Crippen LogP) is 3.42. The Morgan fingerprint density at radius 1 is 1.12 bits per heavy atom. The number of nitrogens with one attached hydrogen (secondary N) is 1. The number of esters is 1. The summed E-state index contributed by atoms with van der Waals surface area (Å²) in [5.41, 5.74) is 8.17. The zero-order valence-electron chi connectivity index (χ0n) is 14.2. The number of methoxy groups -OCH3 is 1. The van der Waals surface area contributed by atoms with E-state index in [1.165, 1.54) is 0 Å². The number of rotatable bonds is 6. The van der Waals surface area contributed by atoms with Crippen molar-refractivity contribution >= 4 is 41.6 Å². The molecule has 6 nitrogen and oxygen atoms in total. The maximum absolute atomic E-state index is 11.6. The molecule has 2 rings (SSSR count). The summed E-state index contributed by atoms with van der Waals surface area (Å²) in [6.45, 7) is 2.55. The molecule has 0 aliphatic rings. The largest absolute Gasteiger partial charge is 0.497 e. The predicted molar refractivity (Wildman–Crippen MR) is 110 cm³/mol. The highest BCUT2D eigenvalue weighted by molar-refractivity contribution is 14.0. The minimum absolute atomic E-state index is 0. The fourth-order valence-corrected chi connectivity index (χ4v) is 2.00. The van der Waals surface area contributed by atoms with Crippen LogP contribution in [0, 0.1) is 0 Å². The van der Waals surface area contributed by atoms with Crippen molar-refractivity contribution in [1.29, 1.82) is 0 Å². The van der Waals surface area contributed by atoms with Crippen molar-refractivity contribution in [3.63, 3.8) is 0 Å². The molecule has 7 heteroatoms. The highest BCUT2D eigenvalue weighted by Gasteiger charge is 2.05. The summed E-state index contributed by atoms with van der Waals surface area (Å²) in [5.74, 6) is 0.764. The van der Waals surface area contributed by atoms with Gasteiger partial charge in [-0.05, 0) is 48.9 Å². The summed E-state index contributed by atoms with van der Waals surface area (Å²) in [4.78, 5) is 15.9. The molecule has 0 unspecified atom stereocenters. The molecule has 25 heavy (non-hydrogen) atoms. The first-order valence-electron chi connectivity index (χ1n) is 7.59. The smallest absolute Gasteiger partial charge is 0.338 e. The number of aliphatic imine (C=N–C) groups is 1. The van der Waals surface area contributed by atoms with Crippen LogP contribution in [0.2, 0.25) is 0 Å². The third kappa shape index (κ3) is 6.61. The molecule has 0 spiro atoms. The summed E-state index contributed by atoms with van der Waals surface area (Å²) in [6.07, 6.45) is 0. The quantitative estimate of drug-likeness (QED) is 0.302. The van der Waals surface area contributed by atoms with E-state index >= 15 is 0 Å². The molecule has 134 valence electrons. The Kier molecular flexibility index (Phi) is 8.76. The van der Waals surface area contributed by atoms with Crippen LogP contribution in [0.25, 0.3) is 0 Å². The maximum Gasteiger partial charge on any atom is 0.338 e. The second-order valence-corrected chi connectivity index (χ2v) is 4.97. The second-order valence-electron chi connectivity index (χ2n) is 4.97. The summed E-state index contributed by atoms with van der Waals surface area (Å²) >= 11 is 0. The Balaban J connectivity index is 0.00000312. The van der Waals surface area contributed by atoms with Gasteiger partial charge in [0.2, 0.25) is 0 Å². The molecular formula is C18H22IN3O3. The highest BCUT2D eigenvalue weighted by Crippen LogP contribution is 2.14. The average molecular weight is 455 g/mol. The second kappa shape index (κ2) is 10.5. The third-order valence-electron chi connectivity index (χ3n) is 3.26. The summed E-state index contributed by atoms with van der Waals surface area (Å²) in [5, 5.41) is 3.01. The van der Waals surface area contributed by atoms with Crippen molar-refractivity contribution < 1.29 is 14.3 Å². The number of ether oxygens (including phenoxy) is 2. The number of halogens is 1. The van der Waals surface area contributed by atoms with Crippen LogP contribution in [0.5, 0.6) is 5.75 Å². The molecule has 0 saturated carbocycles.